The molecule has 2 rings (SSSR count). The molecule has 2 aliphatic rings. The van der Waals surface area contributed by atoms with Crippen molar-refractivity contribution in [2.75, 3.05) is 23.9 Å². The summed E-state index contributed by atoms with van der Waals surface area (Å²) in [7, 11) is -3.07. The highest BCUT2D eigenvalue weighted by atomic mass is 32.2. The van der Waals surface area contributed by atoms with Crippen LogP contribution >= 0.6 is 11.8 Å². The minimum atomic E-state index is -3.07. The Morgan fingerprint density at radius 2 is 2.33 bits per heavy atom. The summed E-state index contributed by atoms with van der Waals surface area (Å²) in [6.07, 6.45) is 3.00. The Balaban J connectivity index is 2.04. The molecule has 0 amide bonds. The van der Waals surface area contributed by atoms with E-state index in [1.54, 1.807) is 0 Å². The van der Waals surface area contributed by atoms with Gasteiger partial charge in [0.15, 0.2) is 9.84 Å². The molecule has 0 aromatic carbocycles. The molecule has 18 heavy (non-hydrogen) atoms. The predicted molar refractivity (Wildman–Crippen MR) is 75.7 cm³/mol. The average molecular weight is 293 g/mol. The first-order valence-corrected chi connectivity index (χ1v) is 9.53. The van der Waals surface area contributed by atoms with Gasteiger partial charge in [-0.25, -0.2) is 8.42 Å². The molecule has 3 atom stereocenters. The topological polar surface area (TPSA) is 69.4 Å². The minimum absolute atomic E-state index is 0.122. The third kappa shape index (κ3) is 3.21. The van der Waals surface area contributed by atoms with Crippen LogP contribution in [-0.2, 0) is 14.6 Å². The van der Waals surface area contributed by atoms with Crippen LogP contribution in [0.15, 0.2) is 0 Å². The van der Waals surface area contributed by atoms with E-state index in [4.69, 9.17) is 10.5 Å². The highest BCUT2D eigenvalue weighted by Crippen LogP contribution is 2.40. The fourth-order valence-electron chi connectivity index (χ4n) is 2.70. The van der Waals surface area contributed by atoms with Crippen LogP contribution < -0.4 is 5.73 Å². The van der Waals surface area contributed by atoms with E-state index in [1.165, 1.54) is 0 Å². The number of ether oxygens (including phenoxy) is 1. The van der Waals surface area contributed by atoms with Crippen molar-refractivity contribution in [1.82, 2.24) is 0 Å². The van der Waals surface area contributed by atoms with Gasteiger partial charge in [-0.15, -0.1) is 0 Å². The molecule has 2 aliphatic heterocycles. The van der Waals surface area contributed by atoms with Crippen molar-refractivity contribution >= 4 is 21.6 Å². The number of thioether (sulfide) groups is 1. The van der Waals surface area contributed by atoms with Crippen molar-refractivity contribution in [3.63, 3.8) is 0 Å². The number of hydrogen-bond acceptors (Lipinski definition) is 5. The SMILES string of the molecule is CCC(N)CS(=O)(=O)C1CCOC2(CCSC2)C1. The molecule has 106 valence electrons. The monoisotopic (exact) mass is 293 g/mol. The lowest BCUT2D eigenvalue weighted by Gasteiger charge is -2.37. The maximum absolute atomic E-state index is 12.4. The fraction of sp³-hybridized carbons (Fsp3) is 1.00. The first-order chi connectivity index (χ1) is 8.47. The van der Waals surface area contributed by atoms with Crippen LogP contribution in [0.3, 0.4) is 0 Å². The van der Waals surface area contributed by atoms with E-state index in [9.17, 15) is 8.42 Å². The molecule has 0 aromatic heterocycles. The van der Waals surface area contributed by atoms with Crippen molar-refractivity contribution in [1.29, 1.82) is 0 Å². The quantitative estimate of drug-likeness (QED) is 0.843. The predicted octanol–water partition coefficient (Wildman–Crippen LogP) is 1.19. The Labute approximate surface area is 114 Å². The summed E-state index contributed by atoms with van der Waals surface area (Å²) in [5.41, 5.74) is 5.63. The lowest BCUT2D eigenvalue weighted by atomic mass is 9.93. The molecule has 3 unspecified atom stereocenters. The van der Waals surface area contributed by atoms with Gasteiger partial charge in [-0.3, -0.25) is 0 Å². The van der Waals surface area contributed by atoms with E-state index >= 15 is 0 Å². The van der Waals surface area contributed by atoms with Gasteiger partial charge >= 0.3 is 0 Å². The Hall–Kier alpha value is 0.220. The first kappa shape index (κ1) is 14.6. The van der Waals surface area contributed by atoms with Gasteiger partial charge in [0, 0.05) is 18.4 Å². The van der Waals surface area contributed by atoms with Gasteiger partial charge in [0.05, 0.1) is 16.6 Å². The second-order valence-corrected chi connectivity index (χ2v) is 8.88. The normalized spacial score (nSPS) is 34.9. The van der Waals surface area contributed by atoms with Gasteiger partial charge in [-0.2, -0.15) is 11.8 Å². The molecule has 4 nitrogen and oxygen atoms in total. The van der Waals surface area contributed by atoms with E-state index in [0.29, 0.717) is 25.9 Å². The molecule has 2 N–H and O–H groups in total. The van der Waals surface area contributed by atoms with E-state index in [1.807, 2.05) is 18.7 Å². The van der Waals surface area contributed by atoms with Crippen molar-refractivity contribution in [3.05, 3.63) is 0 Å². The van der Waals surface area contributed by atoms with Crippen LogP contribution in [-0.4, -0.2) is 49.2 Å². The lowest BCUT2D eigenvalue weighted by molar-refractivity contribution is -0.0572. The van der Waals surface area contributed by atoms with Gasteiger partial charge < -0.3 is 10.5 Å². The van der Waals surface area contributed by atoms with Gasteiger partial charge in [0.25, 0.3) is 0 Å². The number of hydrogen-bond donors (Lipinski definition) is 1. The second kappa shape index (κ2) is 5.69. The summed E-state index contributed by atoms with van der Waals surface area (Å²) in [5, 5.41) is -0.248. The third-order valence-corrected chi connectivity index (χ3v) is 7.53. The molecule has 0 radical (unpaired) electrons. The van der Waals surface area contributed by atoms with E-state index in [-0.39, 0.29) is 22.6 Å². The van der Waals surface area contributed by atoms with Gasteiger partial charge in [0.2, 0.25) is 0 Å². The summed E-state index contributed by atoms with van der Waals surface area (Å²) < 4.78 is 30.6. The zero-order chi connectivity index (χ0) is 13.2. The Bertz CT molecular complexity index is 377. The van der Waals surface area contributed by atoms with Gasteiger partial charge in [-0.1, -0.05) is 6.92 Å². The van der Waals surface area contributed by atoms with Crippen LogP contribution in [0.5, 0.6) is 0 Å². The molecule has 2 heterocycles. The van der Waals surface area contributed by atoms with Crippen molar-refractivity contribution in [2.24, 2.45) is 5.73 Å². The molecule has 1 spiro atoms. The molecule has 6 heteroatoms. The third-order valence-electron chi connectivity index (χ3n) is 3.99. The van der Waals surface area contributed by atoms with Crippen molar-refractivity contribution in [2.45, 2.75) is 49.5 Å². The lowest BCUT2D eigenvalue weighted by Crippen LogP contribution is -2.46. The molecule has 0 bridgehead atoms. The molecular formula is C12H23NO3S2. The summed E-state index contributed by atoms with van der Waals surface area (Å²) in [4.78, 5) is 0. The summed E-state index contributed by atoms with van der Waals surface area (Å²) in [5.74, 6) is 2.15. The Morgan fingerprint density at radius 3 is 2.94 bits per heavy atom. The fourth-order valence-corrected chi connectivity index (χ4v) is 6.20. The largest absolute Gasteiger partial charge is 0.374 e. The molecule has 0 aliphatic carbocycles. The van der Waals surface area contributed by atoms with Crippen LogP contribution in [0, 0.1) is 0 Å². The van der Waals surface area contributed by atoms with Crippen LogP contribution in [0.4, 0.5) is 0 Å². The second-order valence-electron chi connectivity index (χ2n) is 5.45. The molecular weight excluding hydrogens is 270 g/mol. The zero-order valence-corrected chi connectivity index (χ0v) is 12.6. The van der Waals surface area contributed by atoms with Crippen LogP contribution in [0.1, 0.15) is 32.6 Å². The molecule has 0 aromatic rings. The smallest absolute Gasteiger partial charge is 0.154 e. The van der Waals surface area contributed by atoms with Crippen molar-refractivity contribution < 1.29 is 13.2 Å². The zero-order valence-electron chi connectivity index (χ0n) is 10.9. The van der Waals surface area contributed by atoms with Gasteiger partial charge in [0.1, 0.15) is 0 Å². The van der Waals surface area contributed by atoms with E-state index in [2.05, 4.69) is 0 Å². The number of nitrogens with two attached hydrogens (primary N) is 1. The summed E-state index contributed by atoms with van der Waals surface area (Å²) >= 11 is 1.87. The molecule has 2 fully saturated rings. The summed E-state index contributed by atoms with van der Waals surface area (Å²) in [6.45, 7) is 2.51. The standard InChI is InChI=1S/C12H23NO3S2/c1-2-10(13)8-18(14,15)11-3-5-16-12(7-11)4-6-17-9-12/h10-11H,2-9,13H2,1H3. The van der Waals surface area contributed by atoms with Crippen LogP contribution in [0.25, 0.3) is 0 Å². The van der Waals surface area contributed by atoms with Crippen molar-refractivity contribution in [3.8, 4) is 0 Å². The van der Waals surface area contributed by atoms with E-state index < -0.39 is 9.84 Å². The first-order valence-electron chi connectivity index (χ1n) is 6.66. The Kier molecular flexibility index (Phi) is 4.62. The Morgan fingerprint density at radius 1 is 1.56 bits per heavy atom. The molecule has 2 saturated heterocycles. The van der Waals surface area contributed by atoms with Gasteiger partial charge in [-0.05, 0) is 31.4 Å². The minimum Gasteiger partial charge on any atom is -0.374 e. The molecule has 0 saturated carbocycles. The van der Waals surface area contributed by atoms with E-state index in [0.717, 1.165) is 17.9 Å². The highest BCUT2D eigenvalue weighted by Gasteiger charge is 2.44. The maximum atomic E-state index is 12.4. The van der Waals surface area contributed by atoms with Crippen LogP contribution in [0.2, 0.25) is 0 Å². The maximum Gasteiger partial charge on any atom is 0.154 e. The summed E-state index contributed by atoms with van der Waals surface area (Å²) in [6, 6.07) is -0.230. The highest BCUT2D eigenvalue weighted by molar-refractivity contribution is 7.99. The number of sulfone groups is 1. The number of rotatable bonds is 4. The average Bonchev–Trinajstić information content (AvgIpc) is 2.76.